The molecule has 1 unspecified atom stereocenters. The molecule has 0 saturated carbocycles. The SMILES string of the molecule is CCCN(C(=O)C(NC(=O)[C@H](C)N(C)C=O)C(C)(C)C)C(C)C. The maximum absolute atomic E-state index is 12.9. The fraction of sp³-hybridized carbons (Fsp3) is 0.824. The third-order valence-electron chi connectivity index (χ3n) is 3.93. The van der Waals surface area contributed by atoms with E-state index in [1.165, 1.54) is 4.90 Å². The van der Waals surface area contributed by atoms with Gasteiger partial charge in [-0.3, -0.25) is 14.4 Å². The summed E-state index contributed by atoms with van der Waals surface area (Å²) < 4.78 is 0. The highest BCUT2D eigenvalue weighted by atomic mass is 16.2. The maximum atomic E-state index is 12.9. The monoisotopic (exact) mass is 327 g/mol. The fourth-order valence-corrected chi connectivity index (χ4v) is 2.22. The molecule has 2 atom stereocenters. The van der Waals surface area contributed by atoms with Gasteiger partial charge in [0.1, 0.15) is 12.1 Å². The van der Waals surface area contributed by atoms with Crippen LogP contribution in [0.4, 0.5) is 0 Å². The molecule has 0 spiro atoms. The molecule has 0 bridgehead atoms. The Morgan fingerprint density at radius 2 is 1.70 bits per heavy atom. The summed E-state index contributed by atoms with van der Waals surface area (Å²) in [5, 5.41) is 2.83. The van der Waals surface area contributed by atoms with E-state index < -0.39 is 17.5 Å². The largest absolute Gasteiger partial charge is 0.342 e. The van der Waals surface area contributed by atoms with Gasteiger partial charge in [0, 0.05) is 19.6 Å². The molecule has 23 heavy (non-hydrogen) atoms. The lowest BCUT2D eigenvalue weighted by Crippen LogP contribution is -2.58. The van der Waals surface area contributed by atoms with Crippen LogP contribution in [-0.4, -0.2) is 59.7 Å². The lowest BCUT2D eigenvalue weighted by molar-refractivity contribution is -0.142. The van der Waals surface area contributed by atoms with E-state index in [4.69, 9.17) is 0 Å². The lowest BCUT2D eigenvalue weighted by atomic mass is 9.85. The first-order chi connectivity index (χ1) is 10.5. The molecule has 6 heteroatoms. The molecule has 0 aromatic carbocycles. The van der Waals surface area contributed by atoms with Crippen LogP contribution in [0.25, 0.3) is 0 Å². The van der Waals surface area contributed by atoms with Gasteiger partial charge >= 0.3 is 0 Å². The van der Waals surface area contributed by atoms with Crippen molar-refractivity contribution < 1.29 is 14.4 Å². The van der Waals surface area contributed by atoms with Crippen molar-refractivity contribution in [3.63, 3.8) is 0 Å². The van der Waals surface area contributed by atoms with Crippen molar-refractivity contribution in [2.24, 2.45) is 5.41 Å². The molecule has 3 amide bonds. The van der Waals surface area contributed by atoms with Gasteiger partial charge in [-0.1, -0.05) is 27.7 Å². The lowest BCUT2D eigenvalue weighted by Gasteiger charge is -2.37. The molecule has 1 N–H and O–H groups in total. The molecule has 0 aliphatic rings. The quantitative estimate of drug-likeness (QED) is 0.689. The van der Waals surface area contributed by atoms with Crippen LogP contribution in [0, 0.1) is 5.41 Å². The summed E-state index contributed by atoms with van der Waals surface area (Å²) >= 11 is 0. The van der Waals surface area contributed by atoms with Gasteiger partial charge in [0.25, 0.3) is 0 Å². The van der Waals surface area contributed by atoms with Gasteiger partial charge in [-0.2, -0.15) is 0 Å². The number of hydrogen-bond donors (Lipinski definition) is 1. The van der Waals surface area contributed by atoms with Crippen molar-refractivity contribution in [2.75, 3.05) is 13.6 Å². The predicted molar refractivity (Wildman–Crippen MR) is 91.8 cm³/mol. The highest BCUT2D eigenvalue weighted by molar-refractivity contribution is 5.91. The molecule has 0 aromatic heterocycles. The Morgan fingerprint density at radius 3 is 2.04 bits per heavy atom. The van der Waals surface area contributed by atoms with Crippen molar-refractivity contribution in [3.05, 3.63) is 0 Å². The van der Waals surface area contributed by atoms with E-state index in [0.717, 1.165) is 6.42 Å². The minimum absolute atomic E-state index is 0.0688. The summed E-state index contributed by atoms with van der Waals surface area (Å²) in [5.41, 5.74) is -0.424. The molecule has 0 radical (unpaired) electrons. The summed E-state index contributed by atoms with van der Waals surface area (Å²) in [6, 6.07) is -1.19. The first-order valence-corrected chi connectivity index (χ1v) is 8.25. The minimum atomic E-state index is -0.633. The second-order valence-corrected chi connectivity index (χ2v) is 7.38. The second kappa shape index (κ2) is 8.89. The van der Waals surface area contributed by atoms with Crippen LogP contribution >= 0.6 is 0 Å². The smallest absolute Gasteiger partial charge is 0.245 e. The molecular weight excluding hydrogens is 294 g/mol. The van der Waals surface area contributed by atoms with E-state index >= 15 is 0 Å². The minimum Gasteiger partial charge on any atom is -0.342 e. The van der Waals surface area contributed by atoms with Crippen LogP contribution in [0.5, 0.6) is 0 Å². The maximum Gasteiger partial charge on any atom is 0.245 e. The van der Waals surface area contributed by atoms with Crippen molar-refractivity contribution in [2.45, 2.75) is 73.0 Å². The third kappa shape index (κ3) is 6.20. The molecule has 0 fully saturated rings. The topological polar surface area (TPSA) is 69.7 Å². The Morgan fingerprint density at radius 1 is 1.17 bits per heavy atom. The van der Waals surface area contributed by atoms with Crippen LogP contribution in [0.2, 0.25) is 0 Å². The van der Waals surface area contributed by atoms with E-state index in [-0.39, 0.29) is 17.9 Å². The molecule has 0 saturated heterocycles. The summed E-state index contributed by atoms with van der Waals surface area (Å²) in [6.07, 6.45) is 1.47. The Kier molecular flexibility index (Phi) is 8.28. The van der Waals surface area contributed by atoms with Gasteiger partial charge in [-0.05, 0) is 32.6 Å². The summed E-state index contributed by atoms with van der Waals surface area (Å²) in [4.78, 5) is 39.2. The molecule has 6 nitrogen and oxygen atoms in total. The fourth-order valence-electron chi connectivity index (χ4n) is 2.22. The molecule has 0 heterocycles. The number of carbonyl (C=O) groups is 3. The van der Waals surface area contributed by atoms with E-state index in [1.54, 1.807) is 18.9 Å². The molecular formula is C17H33N3O3. The Balaban J connectivity index is 5.35. The summed E-state index contributed by atoms with van der Waals surface area (Å²) in [7, 11) is 1.54. The zero-order valence-corrected chi connectivity index (χ0v) is 15.8. The molecule has 0 aromatic rings. The number of hydrogen-bond acceptors (Lipinski definition) is 3. The number of nitrogens with zero attached hydrogens (tertiary/aromatic N) is 2. The summed E-state index contributed by atoms with van der Waals surface area (Å²) in [6.45, 7) is 14.0. The number of nitrogens with one attached hydrogen (secondary N) is 1. The van der Waals surface area contributed by atoms with Crippen LogP contribution in [0.15, 0.2) is 0 Å². The van der Waals surface area contributed by atoms with Gasteiger partial charge in [-0.25, -0.2) is 0 Å². The first kappa shape index (κ1) is 21.4. The van der Waals surface area contributed by atoms with E-state index in [9.17, 15) is 14.4 Å². The van der Waals surface area contributed by atoms with Gasteiger partial charge in [-0.15, -0.1) is 0 Å². The van der Waals surface area contributed by atoms with Crippen LogP contribution in [0.3, 0.4) is 0 Å². The number of rotatable bonds is 8. The molecule has 134 valence electrons. The molecule has 0 aliphatic heterocycles. The van der Waals surface area contributed by atoms with Crippen LogP contribution < -0.4 is 5.32 Å². The predicted octanol–water partition coefficient (Wildman–Crippen LogP) is 1.64. The summed E-state index contributed by atoms with van der Waals surface area (Å²) in [5.74, 6) is -0.406. The Labute approximate surface area is 140 Å². The van der Waals surface area contributed by atoms with Crippen molar-refractivity contribution in [1.82, 2.24) is 15.1 Å². The number of carbonyl (C=O) groups excluding carboxylic acids is 3. The molecule has 0 rings (SSSR count). The average molecular weight is 327 g/mol. The van der Waals surface area contributed by atoms with E-state index in [0.29, 0.717) is 13.0 Å². The number of amides is 3. The van der Waals surface area contributed by atoms with Crippen molar-refractivity contribution in [3.8, 4) is 0 Å². The van der Waals surface area contributed by atoms with Gasteiger partial charge in [0.15, 0.2) is 0 Å². The standard InChI is InChI=1S/C17H33N3O3/c1-9-10-20(12(2)3)16(23)14(17(5,6)7)18-15(22)13(4)19(8)11-21/h11-14H,9-10H2,1-8H3,(H,18,22)/t13-,14?/m0/s1. The van der Waals surface area contributed by atoms with Gasteiger partial charge in [0.2, 0.25) is 18.2 Å². The van der Waals surface area contributed by atoms with Gasteiger partial charge < -0.3 is 15.1 Å². The highest BCUT2D eigenvalue weighted by Gasteiger charge is 2.37. The van der Waals surface area contributed by atoms with E-state index in [2.05, 4.69) is 5.32 Å². The van der Waals surface area contributed by atoms with Gasteiger partial charge in [0.05, 0.1) is 0 Å². The second-order valence-electron chi connectivity index (χ2n) is 7.38. The van der Waals surface area contributed by atoms with E-state index in [1.807, 2.05) is 41.5 Å². The normalized spacial score (nSPS) is 14.1. The number of likely N-dealkylation sites (N-methyl/N-ethyl adjacent to an activating group) is 1. The average Bonchev–Trinajstić information content (AvgIpc) is 2.46. The zero-order chi connectivity index (χ0) is 18.4. The zero-order valence-electron chi connectivity index (χ0n) is 15.8. The highest BCUT2D eigenvalue weighted by Crippen LogP contribution is 2.22. The van der Waals surface area contributed by atoms with Crippen molar-refractivity contribution in [1.29, 1.82) is 0 Å². The third-order valence-corrected chi connectivity index (χ3v) is 3.93. The Bertz CT molecular complexity index is 416. The first-order valence-electron chi connectivity index (χ1n) is 8.25. The Hall–Kier alpha value is -1.59. The van der Waals surface area contributed by atoms with Crippen LogP contribution in [-0.2, 0) is 14.4 Å². The van der Waals surface area contributed by atoms with Crippen LogP contribution in [0.1, 0.15) is 54.9 Å². The molecule has 0 aliphatic carbocycles. The van der Waals surface area contributed by atoms with Crippen molar-refractivity contribution >= 4 is 18.2 Å².